The Morgan fingerprint density at radius 3 is 2.20 bits per heavy atom. The second-order valence-corrected chi connectivity index (χ2v) is 9.87. The number of carbonyl (C=O) groups excluding carboxylic acids is 3. The molecule has 0 bridgehead atoms. The fourth-order valence-corrected chi connectivity index (χ4v) is 3.78. The summed E-state index contributed by atoms with van der Waals surface area (Å²) < 4.78 is 31.7. The van der Waals surface area contributed by atoms with E-state index in [9.17, 15) is 32.8 Å². The third-order valence-electron chi connectivity index (χ3n) is 5.43. The molecular weight excluding hydrogens is 471 g/mol. The van der Waals surface area contributed by atoms with Crippen LogP contribution < -0.4 is 16.0 Å². The van der Waals surface area contributed by atoms with Crippen molar-refractivity contribution < 1.29 is 37.5 Å². The predicted molar refractivity (Wildman–Crippen MR) is 119 cm³/mol. The number of aliphatic carboxylic acids is 1. The van der Waals surface area contributed by atoms with E-state index in [4.69, 9.17) is 9.90 Å². The van der Waals surface area contributed by atoms with Crippen LogP contribution in [-0.2, 0) is 19.2 Å². The zero-order chi connectivity index (χ0) is 26.8. The fraction of sp³-hybridized carbons (Fsp3) is 0.773. The molecule has 2 heterocycles. The van der Waals surface area contributed by atoms with E-state index in [1.54, 1.807) is 0 Å². The summed E-state index contributed by atoms with van der Waals surface area (Å²) in [5, 5.41) is 24.9. The van der Waals surface area contributed by atoms with Crippen molar-refractivity contribution in [3.05, 3.63) is 0 Å². The van der Waals surface area contributed by atoms with Gasteiger partial charge >= 0.3 is 12.1 Å². The summed E-state index contributed by atoms with van der Waals surface area (Å²) in [6.07, 6.45) is -1.47. The molecule has 0 radical (unpaired) electrons. The second-order valence-electron chi connectivity index (χ2n) is 9.87. The van der Waals surface area contributed by atoms with E-state index in [0.717, 1.165) is 25.9 Å². The lowest BCUT2D eigenvalue weighted by Crippen LogP contribution is -2.52. The number of halogens is 3. The third kappa shape index (κ3) is 11.9. The van der Waals surface area contributed by atoms with E-state index in [1.807, 2.05) is 20.8 Å². The maximum Gasteiger partial charge on any atom is 0.490 e. The molecule has 4 N–H and O–H groups in total. The maximum absolute atomic E-state index is 12.8. The number of likely N-dealkylation sites (tertiary alicyclic amines) is 1. The van der Waals surface area contributed by atoms with Crippen LogP contribution in [0.2, 0.25) is 0 Å². The Kier molecular flexibility index (Phi) is 11.4. The number of nitrogens with zero attached hydrogens (tertiary/aromatic N) is 2. The van der Waals surface area contributed by atoms with Gasteiger partial charge < -0.3 is 21.1 Å². The van der Waals surface area contributed by atoms with Gasteiger partial charge in [-0.15, -0.1) is 0 Å². The van der Waals surface area contributed by atoms with Crippen molar-refractivity contribution in [2.24, 2.45) is 11.3 Å². The number of alkyl halides is 3. The minimum absolute atomic E-state index is 0.0698. The number of nitrogens with one attached hydrogen (secondary N) is 3. The topological polar surface area (TPSA) is 152 Å². The Bertz CT molecular complexity index is 801. The summed E-state index contributed by atoms with van der Waals surface area (Å²) in [5.74, 6) is -3.62. The first-order chi connectivity index (χ1) is 16.1. The van der Waals surface area contributed by atoms with Crippen molar-refractivity contribution in [2.75, 3.05) is 26.2 Å². The lowest BCUT2D eigenvalue weighted by Gasteiger charge is -2.28. The van der Waals surface area contributed by atoms with Gasteiger partial charge in [0.2, 0.25) is 17.7 Å². The molecule has 10 nitrogen and oxygen atoms in total. The van der Waals surface area contributed by atoms with Gasteiger partial charge in [-0.1, -0.05) is 20.8 Å². The van der Waals surface area contributed by atoms with Crippen LogP contribution in [0.15, 0.2) is 0 Å². The normalized spacial score (nSPS) is 20.0. The molecule has 2 fully saturated rings. The van der Waals surface area contributed by atoms with Gasteiger partial charge in [-0.3, -0.25) is 19.3 Å². The van der Waals surface area contributed by atoms with Crippen LogP contribution in [0.5, 0.6) is 0 Å². The zero-order valence-electron chi connectivity index (χ0n) is 20.2. The molecule has 3 atom stereocenters. The lowest BCUT2D eigenvalue weighted by atomic mass is 9.87. The monoisotopic (exact) mass is 505 g/mol. The molecule has 2 aliphatic rings. The average Bonchev–Trinajstić information content (AvgIpc) is 3.37. The van der Waals surface area contributed by atoms with Crippen molar-refractivity contribution in [3.63, 3.8) is 0 Å². The number of hydrogen-bond donors (Lipinski definition) is 4. The smallest absolute Gasteiger partial charge is 0.475 e. The molecule has 2 rings (SSSR count). The van der Waals surface area contributed by atoms with Crippen molar-refractivity contribution in [2.45, 2.75) is 71.1 Å². The lowest BCUT2D eigenvalue weighted by molar-refractivity contribution is -0.192. The Morgan fingerprint density at radius 2 is 1.77 bits per heavy atom. The summed E-state index contributed by atoms with van der Waals surface area (Å²) >= 11 is 0. The number of carboxylic acid groups (broad SMARTS) is 1. The Hall–Kier alpha value is -2.88. The highest BCUT2D eigenvalue weighted by Gasteiger charge is 2.38. The van der Waals surface area contributed by atoms with Crippen LogP contribution in [-0.4, -0.2) is 78.1 Å². The first-order valence-corrected chi connectivity index (χ1v) is 11.4. The molecule has 0 aromatic rings. The van der Waals surface area contributed by atoms with E-state index in [0.29, 0.717) is 19.4 Å². The SMILES string of the molecule is CC(C)(C)C[C@H](NC(=O)CN1CCCC1)C(=O)N[C@H](C#N)C[C@@H]1CCNC1=O.O=C(O)C(F)(F)F. The predicted octanol–water partition coefficient (Wildman–Crippen LogP) is 1.17. The van der Waals surface area contributed by atoms with Gasteiger partial charge in [0.15, 0.2) is 0 Å². The van der Waals surface area contributed by atoms with Gasteiger partial charge in [-0.25, -0.2) is 4.79 Å². The summed E-state index contributed by atoms with van der Waals surface area (Å²) in [5.41, 5.74) is -0.170. The van der Waals surface area contributed by atoms with Crippen LogP contribution in [0, 0.1) is 22.7 Å². The Balaban J connectivity index is 0.000000762. The first kappa shape index (κ1) is 30.2. The van der Waals surface area contributed by atoms with Crippen LogP contribution in [0.4, 0.5) is 13.2 Å². The number of rotatable bonds is 8. The summed E-state index contributed by atoms with van der Waals surface area (Å²) in [6, 6.07) is 0.621. The first-order valence-electron chi connectivity index (χ1n) is 11.4. The molecule has 35 heavy (non-hydrogen) atoms. The number of nitriles is 1. The Labute approximate surface area is 202 Å². The van der Waals surface area contributed by atoms with Crippen LogP contribution in [0.3, 0.4) is 0 Å². The molecule has 0 saturated carbocycles. The van der Waals surface area contributed by atoms with Gasteiger partial charge in [0.05, 0.1) is 12.6 Å². The molecule has 3 amide bonds. The highest BCUT2D eigenvalue weighted by atomic mass is 19.4. The van der Waals surface area contributed by atoms with Gasteiger partial charge in [0.25, 0.3) is 0 Å². The quantitative estimate of drug-likeness (QED) is 0.386. The van der Waals surface area contributed by atoms with Crippen LogP contribution in [0.1, 0.15) is 52.9 Å². The van der Waals surface area contributed by atoms with E-state index in [1.165, 1.54) is 0 Å². The molecule has 0 aliphatic carbocycles. The Morgan fingerprint density at radius 1 is 1.20 bits per heavy atom. The van der Waals surface area contributed by atoms with Gasteiger partial charge in [0.1, 0.15) is 12.1 Å². The van der Waals surface area contributed by atoms with Crippen LogP contribution in [0.25, 0.3) is 0 Å². The fourth-order valence-electron chi connectivity index (χ4n) is 3.78. The molecule has 0 aromatic carbocycles. The highest BCUT2D eigenvalue weighted by Crippen LogP contribution is 2.22. The van der Waals surface area contributed by atoms with E-state index >= 15 is 0 Å². The molecule has 0 aromatic heterocycles. The minimum Gasteiger partial charge on any atom is -0.475 e. The molecule has 0 spiro atoms. The maximum atomic E-state index is 12.8. The highest BCUT2D eigenvalue weighted by molar-refractivity contribution is 5.88. The molecule has 2 saturated heterocycles. The van der Waals surface area contributed by atoms with Crippen molar-refractivity contribution >= 4 is 23.7 Å². The molecule has 13 heteroatoms. The van der Waals surface area contributed by atoms with E-state index in [-0.39, 0.29) is 42.0 Å². The number of hydrogen-bond acceptors (Lipinski definition) is 6. The summed E-state index contributed by atoms with van der Waals surface area (Å²) in [7, 11) is 0. The van der Waals surface area contributed by atoms with Crippen molar-refractivity contribution in [3.8, 4) is 6.07 Å². The standard InChI is InChI=1S/C20H33N5O3.C2HF3O2/c1-20(2,3)11-16(24-17(26)13-25-8-4-5-9-25)19(28)23-15(12-21)10-14-6-7-22-18(14)27;3-2(4,5)1(6)7/h14-16H,4-11,13H2,1-3H3,(H,22,27)(H,23,28)(H,24,26);(H,6,7)/t14-,15-,16-;/m0./s1. The third-order valence-corrected chi connectivity index (χ3v) is 5.43. The van der Waals surface area contributed by atoms with E-state index in [2.05, 4.69) is 26.9 Å². The van der Waals surface area contributed by atoms with Gasteiger partial charge in [-0.05, 0) is 50.6 Å². The molecule has 0 unspecified atom stereocenters. The number of carbonyl (C=O) groups is 4. The molecular formula is C22H34F3N5O5. The van der Waals surface area contributed by atoms with Gasteiger partial charge in [-0.2, -0.15) is 18.4 Å². The largest absolute Gasteiger partial charge is 0.490 e. The second kappa shape index (κ2) is 13.3. The van der Waals surface area contributed by atoms with Crippen molar-refractivity contribution in [1.29, 1.82) is 5.26 Å². The summed E-state index contributed by atoms with van der Waals surface area (Å²) in [6.45, 7) is 8.72. The van der Waals surface area contributed by atoms with Crippen LogP contribution >= 0.6 is 0 Å². The number of amides is 3. The zero-order valence-corrected chi connectivity index (χ0v) is 20.2. The molecule has 198 valence electrons. The van der Waals surface area contributed by atoms with Gasteiger partial charge in [0, 0.05) is 12.5 Å². The molecule has 2 aliphatic heterocycles. The number of carboxylic acids is 1. The van der Waals surface area contributed by atoms with Crippen molar-refractivity contribution in [1.82, 2.24) is 20.9 Å². The van der Waals surface area contributed by atoms with E-state index < -0.39 is 24.2 Å². The summed E-state index contributed by atoms with van der Waals surface area (Å²) in [4.78, 5) is 48.0. The minimum atomic E-state index is -5.08. The average molecular weight is 506 g/mol.